The molecule has 1 N–H and O–H groups in total. The van der Waals surface area contributed by atoms with E-state index in [0.29, 0.717) is 0 Å². The summed E-state index contributed by atoms with van der Waals surface area (Å²) in [6, 6.07) is -0.678. The molecule has 0 aliphatic rings. The Labute approximate surface area is 93.4 Å². The number of carbonyl (C=O) groups is 1. The Bertz CT molecular complexity index is 393. The molecule has 88 valence electrons. The number of nitrogens with one attached hydrogen (secondary N) is 1. The highest BCUT2D eigenvalue weighted by molar-refractivity contribution is 7.13. The van der Waals surface area contributed by atoms with Crippen molar-refractivity contribution in [1.82, 2.24) is 14.6 Å². The van der Waals surface area contributed by atoms with Crippen LogP contribution in [-0.2, 0) is 16.1 Å². The lowest BCUT2D eigenvalue weighted by atomic mass is 10.3. The van der Waals surface area contributed by atoms with E-state index in [-0.39, 0.29) is 12.5 Å². The van der Waals surface area contributed by atoms with Crippen LogP contribution in [0.3, 0.4) is 0 Å². The second-order valence-corrected chi connectivity index (χ2v) is 3.21. The van der Waals surface area contributed by atoms with E-state index in [0.717, 1.165) is 0 Å². The molecular formula is C7H11N4O4P. The van der Waals surface area contributed by atoms with Crippen molar-refractivity contribution in [2.45, 2.75) is 12.6 Å². The van der Waals surface area contributed by atoms with Crippen molar-refractivity contribution in [3.63, 3.8) is 0 Å². The molecule has 1 aromatic heterocycles. The minimum atomic E-state index is -0.678. The first-order valence-corrected chi connectivity index (χ1v) is 4.87. The van der Waals surface area contributed by atoms with Crippen molar-refractivity contribution < 1.29 is 14.5 Å². The van der Waals surface area contributed by atoms with E-state index in [1.54, 1.807) is 0 Å². The summed E-state index contributed by atoms with van der Waals surface area (Å²) in [5, 5.41) is 13.2. The summed E-state index contributed by atoms with van der Waals surface area (Å²) in [7, 11) is 3.42. The van der Waals surface area contributed by atoms with E-state index >= 15 is 0 Å². The minimum Gasteiger partial charge on any atom is -0.468 e. The predicted octanol–water partition coefficient (Wildman–Crippen LogP) is -0.287. The normalized spacial score (nSPS) is 12.1. The highest BCUT2D eigenvalue weighted by Crippen LogP contribution is 2.09. The van der Waals surface area contributed by atoms with E-state index in [1.807, 2.05) is 0 Å². The fourth-order valence-electron chi connectivity index (χ4n) is 1.15. The standard InChI is InChI=1S/C7H11N4O4P/c1-15-6(12)5(9-16)4-10-3-2-8-7(10)11(13)14/h2-3,5,9H,4,16H2,1H3. The van der Waals surface area contributed by atoms with Gasteiger partial charge >= 0.3 is 11.9 Å². The Balaban J connectivity index is 2.82. The van der Waals surface area contributed by atoms with Crippen LogP contribution in [0.15, 0.2) is 12.4 Å². The maximum atomic E-state index is 11.2. The lowest BCUT2D eigenvalue weighted by molar-refractivity contribution is -0.396. The molecule has 2 unspecified atom stereocenters. The summed E-state index contributed by atoms with van der Waals surface area (Å²) in [6.45, 7) is 0.0759. The van der Waals surface area contributed by atoms with Gasteiger partial charge in [0, 0.05) is 0 Å². The molecule has 9 heteroatoms. The molecule has 0 aromatic carbocycles. The van der Waals surface area contributed by atoms with E-state index in [9.17, 15) is 14.9 Å². The third-order valence-corrected chi connectivity index (χ3v) is 2.33. The molecule has 0 fully saturated rings. The number of carbonyl (C=O) groups excluding carboxylic acids is 1. The molecule has 0 bridgehead atoms. The van der Waals surface area contributed by atoms with Gasteiger partial charge in [-0.05, 0) is 4.92 Å². The van der Waals surface area contributed by atoms with Gasteiger partial charge in [0.05, 0.1) is 13.7 Å². The third-order valence-electron chi connectivity index (χ3n) is 1.92. The van der Waals surface area contributed by atoms with Crippen molar-refractivity contribution in [2.75, 3.05) is 7.11 Å². The first kappa shape index (κ1) is 12.5. The Morgan fingerprint density at radius 3 is 3.06 bits per heavy atom. The smallest absolute Gasteiger partial charge is 0.434 e. The Morgan fingerprint density at radius 2 is 2.56 bits per heavy atom. The summed E-state index contributed by atoms with van der Waals surface area (Å²) in [5.41, 5.74) is 0. The zero-order valence-corrected chi connectivity index (χ0v) is 9.65. The topological polar surface area (TPSA) is 99.3 Å². The van der Waals surface area contributed by atoms with Gasteiger partial charge in [-0.25, -0.2) is 4.57 Å². The number of aromatic nitrogens is 2. The fourth-order valence-corrected chi connectivity index (χ4v) is 1.39. The van der Waals surface area contributed by atoms with E-state index in [1.165, 1.54) is 24.1 Å². The number of nitro groups is 1. The largest absolute Gasteiger partial charge is 0.468 e. The van der Waals surface area contributed by atoms with Crippen LogP contribution in [0.25, 0.3) is 0 Å². The number of nitrogens with zero attached hydrogens (tertiary/aromatic N) is 3. The predicted molar refractivity (Wildman–Crippen MR) is 57.5 cm³/mol. The number of hydrogen-bond donors (Lipinski definition) is 1. The number of rotatable bonds is 5. The molecule has 0 saturated heterocycles. The van der Waals surface area contributed by atoms with Gasteiger partial charge in [0.1, 0.15) is 18.4 Å². The monoisotopic (exact) mass is 246 g/mol. The van der Waals surface area contributed by atoms with Crippen LogP contribution in [0.5, 0.6) is 0 Å². The van der Waals surface area contributed by atoms with E-state index in [2.05, 4.69) is 24.2 Å². The summed E-state index contributed by atoms with van der Waals surface area (Å²) in [4.78, 5) is 24.8. The highest BCUT2D eigenvalue weighted by Gasteiger charge is 2.23. The molecule has 0 spiro atoms. The summed E-state index contributed by atoms with van der Waals surface area (Å²) < 4.78 is 5.80. The third kappa shape index (κ3) is 2.74. The van der Waals surface area contributed by atoms with Gasteiger partial charge in [-0.1, -0.05) is 14.4 Å². The van der Waals surface area contributed by atoms with Crippen LogP contribution < -0.4 is 5.09 Å². The molecular weight excluding hydrogens is 235 g/mol. The molecule has 2 atom stereocenters. The van der Waals surface area contributed by atoms with Crippen LogP contribution in [-0.4, -0.2) is 33.6 Å². The number of hydrogen-bond acceptors (Lipinski definition) is 6. The SMILES string of the molecule is COC(=O)C(Cn1ccnc1[N+](=O)[O-])NP. The molecule has 1 aromatic rings. The summed E-state index contributed by atoms with van der Waals surface area (Å²) in [5.74, 6) is -0.813. The van der Waals surface area contributed by atoms with E-state index < -0.39 is 16.9 Å². The summed E-state index contributed by atoms with van der Waals surface area (Å²) in [6.07, 6.45) is 2.73. The van der Waals surface area contributed by atoms with Crippen LogP contribution in [0.1, 0.15) is 0 Å². The average molecular weight is 246 g/mol. The van der Waals surface area contributed by atoms with Gasteiger partial charge in [0.25, 0.3) is 0 Å². The van der Waals surface area contributed by atoms with Crippen molar-refractivity contribution >= 4 is 21.3 Å². The first-order valence-electron chi connectivity index (χ1n) is 4.29. The lowest BCUT2D eigenvalue weighted by Gasteiger charge is -2.12. The fraction of sp³-hybridized carbons (Fsp3) is 0.429. The van der Waals surface area contributed by atoms with Crippen LogP contribution >= 0.6 is 9.39 Å². The Morgan fingerprint density at radius 1 is 1.88 bits per heavy atom. The number of ether oxygens (including phenoxy) is 1. The molecule has 8 nitrogen and oxygen atoms in total. The molecule has 0 radical (unpaired) electrons. The number of imidazole rings is 1. The molecule has 0 saturated carbocycles. The summed E-state index contributed by atoms with van der Waals surface area (Å²) >= 11 is 0. The number of methoxy groups -OCH3 is 1. The molecule has 1 rings (SSSR count). The van der Waals surface area contributed by atoms with Crippen LogP contribution in [0, 0.1) is 10.1 Å². The number of esters is 1. The van der Waals surface area contributed by atoms with Crippen molar-refractivity contribution in [3.8, 4) is 0 Å². The van der Waals surface area contributed by atoms with Gasteiger partial charge in [-0.2, -0.15) is 0 Å². The highest BCUT2D eigenvalue weighted by atomic mass is 31.0. The van der Waals surface area contributed by atoms with Gasteiger partial charge in [0.15, 0.2) is 0 Å². The average Bonchev–Trinajstić information content (AvgIpc) is 2.72. The second kappa shape index (κ2) is 5.53. The molecule has 1 heterocycles. The quantitative estimate of drug-likeness (QED) is 0.332. The minimum absolute atomic E-state index is 0.0759. The molecule has 16 heavy (non-hydrogen) atoms. The van der Waals surface area contributed by atoms with Crippen molar-refractivity contribution in [1.29, 1.82) is 0 Å². The van der Waals surface area contributed by atoms with Gasteiger partial charge in [0.2, 0.25) is 0 Å². The van der Waals surface area contributed by atoms with Gasteiger partial charge < -0.3 is 14.9 Å². The van der Waals surface area contributed by atoms with Crippen LogP contribution in [0.2, 0.25) is 0 Å². The molecule has 0 amide bonds. The molecule has 0 aliphatic heterocycles. The van der Waals surface area contributed by atoms with Gasteiger partial charge in [-0.15, -0.1) is 0 Å². The Kier molecular flexibility index (Phi) is 4.33. The second-order valence-electron chi connectivity index (χ2n) is 2.88. The zero-order chi connectivity index (χ0) is 12.1. The van der Waals surface area contributed by atoms with Crippen molar-refractivity contribution in [2.24, 2.45) is 0 Å². The Hall–Kier alpha value is -1.53. The maximum Gasteiger partial charge on any atom is 0.434 e. The maximum absolute atomic E-state index is 11.2. The van der Waals surface area contributed by atoms with Crippen molar-refractivity contribution in [3.05, 3.63) is 22.5 Å². The lowest BCUT2D eigenvalue weighted by Crippen LogP contribution is -2.35. The first-order chi connectivity index (χ1) is 7.60. The molecule has 0 aliphatic carbocycles. The van der Waals surface area contributed by atoms with Crippen LogP contribution in [0.4, 0.5) is 5.95 Å². The van der Waals surface area contributed by atoms with Gasteiger partial charge in [-0.3, -0.25) is 9.88 Å². The zero-order valence-electron chi connectivity index (χ0n) is 8.49. The van der Waals surface area contributed by atoms with E-state index in [4.69, 9.17) is 0 Å².